The van der Waals surface area contributed by atoms with E-state index in [2.05, 4.69) is 11.2 Å². The number of amides is 1. The molecule has 0 bridgehead atoms. The van der Waals surface area contributed by atoms with E-state index in [4.69, 9.17) is 6.42 Å². The fourth-order valence-corrected chi connectivity index (χ4v) is 2.89. The first-order chi connectivity index (χ1) is 7.22. The Bertz CT molecular complexity index is 282. The molecule has 2 fully saturated rings. The van der Waals surface area contributed by atoms with Crippen LogP contribution in [0.1, 0.15) is 12.8 Å². The second-order valence-electron chi connectivity index (χ2n) is 4.75. The molecule has 1 heterocycles. The van der Waals surface area contributed by atoms with E-state index in [0.29, 0.717) is 6.54 Å². The average Bonchev–Trinajstić information content (AvgIpc) is 2.75. The van der Waals surface area contributed by atoms with Gasteiger partial charge in [0.15, 0.2) is 0 Å². The van der Waals surface area contributed by atoms with Gasteiger partial charge in [-0.15, -0.1) is 6.42 Å². The largest absolute Gasteiger partial charge is 0.334 e. The Morgan fingerprint density at radius 3 is 2.60 bits per heavy atom. The Hall–Kier alpha value is -1.01. The van der Waals surface area contributed by atoms with Crippen molar-refractivity contribution in [3.05, 3.63) is 0 Å². The third kappa shape index (κ3) is 2.00. The van der Waals surface area contributed by atoms with E-state index < -0.39 is 0 Å². The molecule has 3 nitrogen and oxygen atoms in total. The molecule has 2 rings (SSSR count). The van der Waals surface area contributed by atoms with Crippen molar-refractivity contribution in [2.75, 3.05) is 26.7 Å². The molecule has 0 radical (unpaired) electrons. The zero-order chi connectivity index (χ0) is 10.8. The number of nitrogens with one attached hydrogen (secondary N) is 1. The van der Waals surface area contributed by atoms with Crippen LogP contribution >= 0.6 is 0 Å². The molecule has 1 aliphatic heterocycles. The molecule has 3 atom stereocenters. The number of hydrogen-bond acceptors (Lipinski definition) is 2. The molecule has 82 valence electrons. The smallest absolute Gasteiger partial charge is 0.226 e. The molecule has 3 heteroatoms. The highest BCUT2D eigenvalue weighted by Crippen LogP contribution is 2.39. The number of fused-ring (bicyclic) bond motifs is 1. The molecule has 1 amide bonds. The van der Waals surface area contributed by atoms with Crippen molar-refractivity contribution in [2.45, 2.75) is 12.8 Å². The van der Waals surface area contributed by atoms with E-state index in [-0.39, 0.29) is 11.8 Å². The Kier molecular flexibility index (Phi) is 2.97. The van der Waals surface area contributed by atoms with Gasteiger partial charge in [-0.1, -0.05) is 5.92 Å². The molecule has 0 aromatic rings. The first kappa shape index (κ1) is 10.5. The maximum atomic E-state index is 12.0. The summed E-state index contributed by atoms with van der Waals surface area (Å²) in [6.07, 6.45) is 7.30. The van der Waals surface area contributed by atoms with Crippen molar-refractivity contribution in [3.63, 3.8) is 0 Å². The predicted octanol–water partition coefficient (Wildman–Crippen LogP) is 0.324. The summed E-state index contributed by atoms with van der Waals surface area (Å²) < 4.78 is 0. The van der Waals surface area contributed by atoms with Gasteiger partial charge in [0.05, 0.1) is 6.54 Å². The van der Waals surface area contributed by atoms with Crippen molar-refractivity contribution in [1.82, 2.24) is 10.2 Å². The fourth-order valence-electron chi connectivity index (χ4n) is 2.89. The van der Waals surface area contributed by atoms with Crippen molar-refractivity contribution in [1.29, 1.82) is 0 Å². The molecule has 2 aliphatic rings. The maximum Gasteiger partial charge on any atom is 0.226 e. The second kappa shape index (κ2) is 4.24. The van der Waals surface area contributed by atoms with Crippen LogP contribution in [0.2, 0.25) is 0 Å². The van der Waals surface area contributed by atoms with Gasteiger partial charge in [-0.3, -0.25) is 4.79 Å². The maximum absolute atomic E-state index is 12.0. The van der Waals surface area contributed by atoms with Crippen LogP contribution in [-0.2, 0) is 4.79 Å². The standard InChI is InChI=1S/C12H18N2O/c1-3-4-14(2)12(15)9-5-10-7-13-8-11(10)6-9/h1,9-11,13H,4-8H2,2H3/t9?,10-,11+. The van der Waals surface area contributed by atoms with Gasteiger partial charge in [0.1, 0.15) is 0 Å². The molecule has 1 saturated heterocycles. The monoisotopic (exact) mass is 206 g/mol. The van der Waals surface area contributed by atoms with Crippen LogP contribution in [0.4, 0.5) is 0 Å². The van der Waals surface area contributed by atoms with Gasteiger partial charge < -0.3 is 10.2 Å². The molecule has 1 unspecified atom stereocenters. The zero-order valence-corrected chi connectivity index (χ0v) is 9.20. The highest BCUT2D eigenvalue weighted by Gasteiger charge is 2.40. The lowest BCUT2D eigenvalue weighted by atomic mass is 10.0. The highest BCUT2D eigenvalue weighted by atomic mass is 16.2. The minimum absolute atomic E-state index is 0.223. The Morgan fingerprint density at radius 1 is 1.47 bits per heavy atom. The van der Waals surface area contributed by atoms with Gasteiger partial charge >= 0.3 is 0 Å². The molecule has 0 aromatic carbocycles. The normalized spacial score (nSPS) is 33.5. The van der Waals surface area contributed by atoms with E-state index in [9.17, 15) is 4.79 Å². The highest BCUT2D eigenvalue weighted by molar-refractivity contribution is 5.79. The van der Waals surface area contributed by atoms with E-state index in [1.165, 1.54) is 0 Å². The van der Waals surface area contributed by atoms with Crippen LogP contribution in [0.3, 0.4) is 0 Å². The Balaban J connectivity index is 1.91. The molecular weight excluding hydrogens is 188 g/mol. The summed E-state index contributed by atoms with van der Waals surface area (Å²) in [5.41, 5.74) is 0. The van der Waals surface area contributed by atoms with Gasteiger partial charge in [-0.25, -0.2) is 0 Å². The molecule has 1 N–H and O–H groups in total. The molecule has 15 heavy (non-hydrogen) atoms. The van der Waals surface area contributed by atoms with E-state index in [0.717, 1.165) is 37.8 Å². The van der Waals surface area contributed by atoms with Crippen LogP contribution < -0.4 is 5.32 Å². The van der Waals surface area contributed by atoms with Crippen molar-refractivity contribution in [3.8, 4) is 12.3 Å². The quantitative estimate of drug-likeness (QED) is 0.660. The van der Waals surface area contributed by atoms with Crippen molar-refractivity contribution in [2.24, 2.45) is 17.8 Å². The lowest BCUT2D eigenvalue weighted by Crippen LogP contribution is -2.33. The van der Waals surface area contributed by atoms with Crippen LogP contribution in [0.15, 0.2) is 0 Å². The number of hydrogen-bond donors (Lipinski definition) is 1. The van der Waals surface area contributed by atoms with E-state index >= 15 is 0 Å². The van der Waals surface area contributed by atoms with Crippen LogP contribution in [-0.4, -0.2) is 37.5 Å². The van der Waals surface area contributed by atoms with E-state index in [1.54, 1.807) is 11.9 Å². The summed E-state index contributed by atoms with van der Waals surface area (Å²) in [6, 6.07) is 0. The summed E-state index contributed by atoms with van der Waals surface area (Å²) in [6.45, 7) is 2.61. The molecular formula is C12H18N2O. The zero-order valence-electron chi connectivity index (χ0n) is 9.20. The summed E-state index contributed by atoms with van der Waals surface area (Å²) in [4.78, 5) is 13.7. The van der Waals surface area contributed by atoms with Crippen LogP contribution in [0, 0.1) is 30.1 Å². The third-order valence-corrected chi connectivity index (χ3v) is 3.71. The minimum Gasteiger partial charge on any atom is -0.334 e. The van der Waals surface area contributed by atoms with Crippen molar-refractivity contribution < 1.29 is 4.79 Å². The number of nitrogens with zero attached hydrogens (tertiary/aromatic N) is 1. The van der Waals surface area contributed by atoms with Crippen LogP contribution in [0.5, 0.6) is 0 Å². The summed E-state index contributed by atoms with van der Waals surface area (Å²) in [7, 11) is 1.80. The van der Waals surface area contributed by atoms with Gasteiger partial charge in [0, 0.05) is 13.0 Å². The Labute approximate surface area is 91.2 Å². The number of carbonyl (C=O) groups is 1. The average molecular weight is 206 g/mol. The lowest BCUT2D eigenvalue weighted by molar-refractivity contribution is -0.133. The lowest BCUT2D eigenvalue weighted by Gasteiger charge is -2.19. The van der Waals surface area contributed by atoms with Gasteiger partial charge in [-0.05, 0) is 37.8 Å². The SMILES string of the molecule is C#CCN(C)C(=O)C1C[C@H]2CNC[C@H]2C1. The topological polar surface area (TPSA) is 32.3 Å². The summed E-state index contributed by atoms with van der Waals surface area (Å²) in [5.74, 6) is 4.42. The minimum atomic E-state index is 0.223. The first-order valence-corrected chi connectivity index (χ1v) is 5.61. The van der Waals surface area contributed by atoms with Crippen LogP contribution in [0.25, 0.3) is 0 Å². The fraction of sp³-hybridized carbons (Fsp3) is 0.750. The molecule has 0 spiro atoms. The number of carbonyl (C=O) groups excluding carboxylic acids is 1. The third-order valence-electron chi connectivity index (χ3n) is 3.71. The van der Waals surface area contributed by atoms with Gasteiger partial charge in [0.25, 0.3) is 0 Å². The van der Waals surface area contributed by atoms with Gasteiger partial charge in [0.2, 0.25) is 5.91 Å². The van der Waals surface area contributed by atoms with Crippen molar-refractivity contribution >= 4 is 5.91 Å². The van der Waals surface area contributed by atoms with Gasteiger partial charge in [-0.2, -0.15) is 0 Å². The number of terminal acetylenes is 1. The summed E-state index contributed by atoms with van der Waals surface area (Å²) >= 11 is 0. The predicted molar refractivity (Wildman–Crippen MR) is 59.0 cm³/mol. The first-order valence-electron chi connectivity index (χ1n) is 5.61. The second-order valence-corrected chi connectivity index (χ2v) is 4.75. The molecule has 1 aliphatic carbocycles. The molecule has 0 aromatic heterocycles. The molecule has 1 saturated carbocycles. The Morgan fingerprint density at radius 2 is 2.07 bits per heavy atom. The summed E-state index contributed by atoms with van der Waals surface area (Å²) in [5, 5.41) is 3.38. The number of rotatable bonds is 2. The van der Waals surface area contributed by atoms with E-state index in [1.807, 2.05) is 0 Å².